The molecule has 0 radical (unpaired) electrons. The van der Waals surface area contributed by atoms with Crippen LogP contribution in [0, 0.1) is 5.92 Å². The van der Waals surface area contributed by atoms with Gasteiger partial charge in [-0.25, -0.2) is 14.4 Å². The third-order valence-electron chi connectivity index (χ3n) is 14.2. The average molecular weight is 1030 g/mol. The van der Waals surface area contributed by atoms with Crippen molar-refractivity contribution in [3.8, 4) is 0 Å². The Hall–Kier alpha value is -5.29. The zero-order valence-electron chi connectivity index (χ0n) is 45.1. The Bertz CT molecular complexity index is 2130. The normalized spacial score (nSPS) is 26.1. The molecule has 1 saturated heterocycles. The van der Waals surface area contributed by atoms with E-state index >= 15 is 0 Å². The van der Waals surface area contributed by atoms with Crippen LogP contribution >= 0.6 is 0 Å². The second kappa shape index (κ2) is 27.3. The van der Waals surface area contributed by atoms with Crippen molar-refractivity contribution in [2.24, 2.45) is 5.92 Å². The summed E-state index contributed by atoms with van der Waals surface area (Å²) in [6, 6.07) is 8.68. The van der Waals surface area contributed by atoms with Crippen LogP contribution in [0.4, 0.5) is 4.79 Å². The van der Waals surface area contributed by atoms with E-state index in [9.17, 15) is 43.8 Å². The molecule has 1 aromatic rings. The molecular formula is C56H84N2O15. The molecule has 2 amide bonds. The summed E-state index contributed by atoms with van der Waals surface area (Å²) in [7, 11) is 0. The third-order valence-corrected chi connectivity index (χ3v) is 14.2. The van der Waals surface area contributed by atoms with E-state index in [1.54, 1.807) is 47.6 Å². The number of aliphatic hydroxyl groups is 2. The lowest BCUT2D eigenvalue weighted by molar-refractivity contribution is -0.212. The number of hydrogen-bond donors (Lipinski definition) is 4. The van der Waals surface area contributed by atoms with Gasteiger partial charge in [0.15, 0.2) is 29.5 Å². The van der Waals surface area contributed by atoms with Crippen LogP contribution in [0.3, 0.4) is 0 Å². The zero-order chi connectivity index (χ0) is 54.1. The number of fused-ring (bicyclic) bond motifs is 3. The van der Waals surface area contributed by atoms with Crippen LogP contribution in [0.5, 0.6) is 0 Å². The molecule has 0 bridgehead atoms. The lowest BCUT2D eigenvalue weighted by atomic mass is 9.75. The minimum Gasteiger partial charge on any atom is -0.459 e. The Balaban J connectivity index is 1.36. The van der Waals surface area contributed by atoms with Gasteiger partial charge >= 0.3 is 35.9 Å². The van der Waals surface area contributed by atoms with Crippen molar-refractivity contribution in [2.75, 3.05) is 6.54 Å². The van der Waals surface area contributed by atoms with Crippen LogP contribution in [-0.2, 0) is 63.6 Å². The van der Waals surface area contributed by atoms with Crippen LogP contribution in [-0.4, -0.2) is 111 Å². The minimum atomic E-state index is -2.64. The van der Waals surface area contributed by atoms with Crippen molar-refractivity contribution in [2.45, 2.75) is 238 Å². The number of allylic oxidation sites excluding steroid dienone is 1. The highest BCUT2D eigenvalue weighted by molar-refractivity contribution is 5.88. The first-order chi connectivity index (χ1) is 34.4. The lowest BCUT2D eigenvalue weighted by Crippen LogP contribution is -2.64. The molecular weight excluding hydrogens is 941 g/mol. The first-order valence-corrected chi connectivity index (χ1v) is 26.5. The van der Waals surface area contributed by atoms with Crippen LogP contribution in [0.2, 0.25) is 0 Å². The Morgan fingerprint density at radius 1 is 0.822 bits per heavy atom. The van der Waals surface area contributed by atoms with E-state index in [0.717, 1.165) is 83.1 Å². The van der Waals surface area contributed by atoms with Gasteiger partial charge in [0, 0.05) is 44.7 Å². The number of unbranched alkanes of at least 4 members (excludes halogenated alkanes) is 12. The van der Waals surface area contributed by atoms with Gasteiger partial charge in [-0.2, -0.15) is 0 Å². The summed E-state index contributed by atoms with van der Waals surface area (Å²) in [5, 5.41) is 30.3. The number of amides is 2. The fraction of sp³-hybridized carbons (Fsp3) is 0.696. The smallest absolute Gasteiger partial charge is 0.408 e. The predicted octanol–water partition coefficient (Wildman–Crippen LogP) is 8.28. The van der Waals surface area contributed by atoms with Gasteiger partial charge in [0.05, 0.1) is 5.92 Å². The molecule has 9 atom stereocenters. The van der Waals surface area contributed by atoms with Gasteiger partial charge in [-0.3, -0.25) is 19.2 Å². The zero-order valence-corrected chi connectivity index (χ0v) is 45.1. The summed E-state index contributed by atoms with van der Waals surface area (Å²) in [6.45, 7) is 16.4. The van der Waals surface area contributed by atoms with Crippen LogP contribution in [0.25, 0.3) is 0 Å². The van der Waals surface area contributed by atoms with E-state index in [4.69, 9.17) is 28.4 Å². The first kappa shape index (κ1) is 60.3. The standard InChI is InChI=1S/C56H84N2O15/c1-11-13-14-20-26-32-43(61)69-47-45-44(37(4)46(47)70-50(63)36(3)12-2)48-56(67,55(10,66)51(64)71-48)41(35-54(45,9)72-38(5)59)68-42(60)31-27-21-18-16-15-17-19-22-28-33-57-49(62)40(34-39-29-24-23-25-30-39)58-52(65)73-53(6,7)8/h12,23-25,29-30,40-41,45-48,66-67H,11,13-22,26-28,31-35H2,1-10H3,(H,57,62)(H,58,65)/b36-12-/t40-,41-,45+,46-,47-,48-,54-,55+,56+/m0/s1. The van der Waals surface area contributed by atoms with E-state index in [2.05, 4.69) is 17.6 Å². The van der Waals surface area contributed by atoms with Gasteiger partial charge in [-0.1, -0.05) is 114 Å². The van der Waals surface area contributed by atoms with Crippen molar-refractivity contribution in [3.63, 3.8) is 0 Å². The van der Waals surface area contributed by atoms with Gasteiger partial charge < -0.3 is 49.3 Å². The Morgan fingerprint density at radius 2 is 1.38 bits per heavy atom. The Labute approximate surface area is 432 Å². The third kappa shape index (κ3) is 16.3. The number of alkyl carbamates (subject to hydrolysis) is 1. The fourth-order valence-corrected chi connectivity index (χ4v) is 10.2. The van der Waals surface area contributed by atoms with Gasteiger partial charge in [0.25, 0.3) is 0 Å². The topological polar surface area (TPSA) is 239 Å². The van der Waals surface area contributed by atoms with Gasteiger partial charge in [-0.15, -0.1) is 0 Å². The Kier molecular flexibility index (Phi) is 22.5. The molecule has 2 aliphatic carbocycles. The largest absolute Gasteiger partial charge is 0.459 e. The summed E-state index contributed by atoms with van der Waals surface area (Å²) in [5.41, 5.74) is -6.15. The highest BCUT2D eigenvalue weighted by Gasteiger charge is 2.76. The Morgan fingerprint density at radius 3 is 1.95 bits per heavy atom. The van der Waals surface area contributed by atoms with Gasteiger partial charge in [0.1, 0.15) is 23.3 Å². The summed E-state index contributed by atoms with van der Waals surface area (Å²) >= 11 is 0. The van der Waals surface area contributed by atoms with Crippen molar-refractivity contribution in [1.82, 2.24) is 10.6 Å². The molecule has 2 fully saturated rings. The maximum Gasteiger partial charge on any atom is 0.408 e. The highest BCUT2D eigenvalue weighted by atomic mass is 16.6. The number of nitrogens with one attached hydrogen (secondary N) is 2. The summed E-state index contributed by atoms with van der Waals surface area (Å²) in [6.07, 6.45) is 6.71. The van der Waals surface area contributed by atoms with E-state index in [0.29, 0.717) is 32.2 Å². The van der Waals surface area contributed by atoms with Crippen molar-refractivity contribution in [3.05, 3.63) is 58.7 Å². The second-order valence-corrected chi connectivity index (χ2v) is 21.4. The number of ether oxygens (including phenoxy) is 6. The number of hydrogen-bond acceptors (Lipinski definition) is 15. The second-order valence-electron chi connectivity index (χ2n) is 21.4. The van der Waals surface area contributed by atoms with E-state index < -0.39 is 101 Å². The number of benzene rings is 1. The molecule has 1 aromatic carbocycles. The van der Waals surface area contributed by atoms with E-state index in [-0.39, 0.29) is 35.5 Å². The molecule has 1 aliphatic heterocycles. The van der Waals surface area contributed by atoms with Crippen molar-refractivity contribution in [1.29, 1.82) is 0 Å². The molecule has 4 rings (SSSR count). The van der Waals surface area contributed by atoms with Crippen molar-refractivity contribution < 1.29 is 72.2 Å². The summed E-state index contributed by atoms with van der Waals surface area (Å²) in [4.78, 5) is 92.8. The fourth-order valence-electron chi connectivity index (χ4n) is 10.2. The molecule has 3 aliphatic rings. The SMILES string of the molecule is C/C=C(/C)C(=O)O[C@H]1C(C)=C2[C@H]([C@@H]1OC(=O)CCCCCCC)[C@@](C)(OC(C)=O)C[C@H](OC(=O)CCCCCCCCCCCNC(=O)[C@H](Cc1ccccc1)NC(=O)OC(C)(C)C)[C@@]1(O)[C@H]2OC(=O)[C@@]1(C)O. The predicted molar refractivity (Wildman–Crippen MR) is 271 cm³/mol. The first-order valence-electron chi connectivity index (χ1n) is 26.5. The molecule has 0 aromatic heterocycles. The molecule has 0 unspecified atom stereocenters. The monoisotopic (exact) mass is 1020 g/mol. The van der Waals surface area contributed by atoms with Crippen molar-refractivity contribution >= 4 is 41.8 Å². The summed E-state index contributed by atoms with van der Waals surface area (Å²) in [5.74, 6) is -5.43. The van der Waals surface area contributed by atoms with E-state index in [1.165, 1.54) is 13.8 Å². The molecule has 4 N–H and O–H groups in total. The average Bonchev–Trinajstić information content (AvgIpc) is 3.65. The number of carbonyl (C=O) groups excluding carboxylic acids is 7. The molecule has 408 valence electrons. The number of esters is 5. The lowest BCUT2D eigenvalue weighted by Gasteiger charge is -2.41. The van der Waals surface area contributed by atoms with Crippen LogP contribution in [0.1, 0.15) is 184 Å². The maximum absolute atomic E-state index is 13.7. The summed E-state index contributed by atoms with van der Waals surface area (Å²) < 4.78 is 35.5. The molecule has 1 saturated carbocycles. The number of carbonyl (C=O) groups is 7. The minimum absolute atomic E-state index is 0.0460. The van der Waals surface area contributed by atoms with Gasteiger partial charge in [-0.05, 0) is 91.4 Å². The maximum atomic E-state index is 13.7. The quantitative estimate of drug-likeness (QED) is 0.0213. The molecule has 73 heavy (non-hydrogen) atoms. The highest BCUT2D eigenvalue weighted by Crippen LogP contribution is 2.57. The molecule has 0 spiro atoms. The molecule has 17 nitrogen and oxygen atoms in total. The number of rotatable bonds is 27. The van der Waals surface area contributed by atoms with Crippen LogP contribution in [0.15, 0.2) is 53.1 Å². The molecule has 1 heterocycles. The van der Waals surface area contributed by atoms with Gasteiger partial charge in [0.2, 0.25) is 5.91 Å². The van der Waals surface area contributed by atoms with E-state index in [1.807, 2.05) is 30.3 Å². The molecule has 17 heteroatoms. The van der Waals surface area contributed by atoms with Crippen LogP contribution < -0.4 is 10.6 Å².